The molecule has 134 valence electrons. The average Bonchev–Trinajstić information content (AvgIpc) is 2.96. The number of ether oxygens (including phenoxy) is 1. The lowest BCUT2D eigenvalue weighted by atomic mass is 9.90. The summed E-state index contributed by atoms with van der Waals surface area (Å²) in [5.41, 5.74) is 9.27. The van der Waals surface area contributed by atoms with Gasteiger partial charge in [-0.3, -0.25) is 14.3 Å². The van der Waals surface area contributed by atoms with Crippen molar-refractivity contribution in [3.05, 3.63) is 22.4 Å². The van der Waals surface area contributed by atoms with Crippen LogP contribution in [0.15, 0.2) is 11.0 Å². The van der Waals surface area contributed by atoms with E-state index in [-0.39, 0.29) is 17.0 Å². The Morgan fingerprint density at radius 2 is 2.28 bits per heavy atom. The van der Waals surface area contributed by atoms with Crippen LogP contribution < -0.4 is 17.0 Å². The van der Waals surface area contributed by atoms with Crippen molar-refractivity contribution in [2.24, 2.45) is 5.73 Å². The van der Waals surface area contributed by atoms with E-state index in [9.17, 15) is 19.4 Å². The molecule has 0 spiro atoms. The molecule has 2 aromatic rings. The topological polar surface area (TPSA) is 152 Å². The largest absolute Gasteiger partial charge is 0.391 e. The Hall–Kier alpha value is -2.45. The molecule has 1 unspecified atom stereocenters. The van der Waals surface area contributed by atoms with Gasteiger partial charge in [-0.2, -0.15) is 4.98 Å². The van der Waals surface area contributed by atoms with Gasteiger partial charge in [0.2, 0.25) is 5.95 Å². The lowest BCUT2D eigenvalue weighted by Gasteiger charge is -2.28. The lowest BCUT2D eigenvalue weighted by molar-refractivity contribution is -0.0756. The van der Waals surface area contributed by atoms with Gasteiger partial charge in [0.05, 0.1) is 6.10 Å². The number of rotatable bonds is 2. The van der Waals surface area contributed by atoms with Crippen molar-refractivity contribution >= 4 is 17.0 Å². The van der Waals surface area contributed by atoms with Gasteiger partial charge in [-0.1, -0.05) is 5.92 Å². The van der Waals surface area contributed by atoms with E-state index in [2.05, 4.69) is 21.8 Å². The van der Waals surface area contributed by atoms with E-state index in [1.165, 1.54) is 13.8 Å². The molecule has 10 heteroatoms. The van der Waals surface area contributed by atoms with Gasteiger partial charge in [-0.15, -0.1) is 5.92 Å². The maximum atomic E-state index is 14.3. The third-order valence-electron chi connectivity index (χ3n) is 4.22. The third kappa shape index (κ3) is 2.49. The number of hydrogen-bond acceptors (Lipinski definition) is 7. The van der Waals surface area contributed by atoms with Gasteiger partial charge in [-0.25, -0.2) is 4.39 Å². The molecule has 0 amide bonds. The summed E-state index contributed by atoms with van der Waals surface area (Å²) < 4.78 is 21.1. The van der Waals surface area contributed by atoms with Crippen molar-refractivity contribution in [3.8, 4) is 11.8 Å². The Morgan fingerprint density at radius 3 is 2.88 bits per heavy atom. The van der Waals surface area contributed by atoms with Crippen molar-refractivity contribution in [2.45, 2.75) is 43.9 Å². The summed E-state index contributed by atoms with van der Waals surface area (Å²) in [7, 11) is 0. The molecule has 0 bridgehead atoms. The predicted octanol–water partition coefficient (Wildman–Crippen LogP) is -1.19. The summed E-state index contributed by atoms with van der Waals surface area (Å²) >= 11 is 0. The smallest absolute Gasteiger partial charge is 0.264 e. The molecule has 1 aliphatic heterocycles. The van der Waals surface area contributed by atoms with Gasteiger partial charge in [-0.05, 0) is 13.8 Å². The Bertz CT molecular complexity index is 943. The van der Waals surface area contributed by atoms with E-state index < -0.39 is 41.5 Å². The quantitative estimate of drug-likeness (QED) is 0.426. The van der Waals surface area contributed by atoms with Gasteiger partial charge >= 0.3 is 0 Å². The first-order valence-corrected chi connectivity index (χ1v) is 7.51. The number of fused-ring (bicyclic) bond motifs is 1. The van der Waals surface area contributed by atoms with E-state index in [0.717, 1.165) is 10.8 Å². The number of nitrogen functional groups attached to an aromatic ring is 1. The fourth-order valence-electron chi connectivity index (χ4n) is 3.09. The molecule has 3 heterocycles. The minimum atomic E-state index is -1.66. The summed E-state index contributed by atoms with van der Waals surface area (Å²) in [5, 5.41) is 20.0. The Balaban J connectivity index is 2.25. The van der Waals surface area contributed by atoms with Crippen molar-refractivity contribution in [1.82, 2.24) is 14.5 Å². The van der Waals surface area contributed by atoms with E-state index >= 15 is 0 Å². The molecule has 3 rings (SSSR count). The van der Waals surface area contributed by atoms with Crippen LogP contribution in [0.5, 0.6) is 0 Å². The molecule has 0 saturated carbocycles. The van der Waals surface area contributed by atoms with Crippen LogP contribution in [0.2, 0.25) is 0 Å². The van der Waals surface area contributed by atoms with Gasteiger partial charge in [0.25, 0.3) is 5.56 Å². The number of aromatic nitrogens is 3. The first kappa shape index (κ1) is 17.4. The molecule has 0 aliphatic carbocycles. The molecule has 1 fully saturated rings. The highest BCUT2D eigenvalue weighted by Gasteiger charge is 2.56. The fraction of sp³-hybridized carbons (Fsp3) is 0.467. The van der Waals surface area contributed by atoms with Crippen LogP contribution in [0.4, 0.5) is 10.3 Å². The van der Waals surface area contributed by atoms with Gasteiger partial charge in [0, 0.05) is 6.20 Å². The molecule has 1 saturated heterocycles. The second-order valence-corrected chi connectivity index (χ2v) is 5.98. The first-order chi connectivity index (χ1) is 11.7. The number of aliphatic hydroxyl groups excluding tert-OH is 2. The molecule has 25 heavy (non-hydrogen) atoms. The van der Waals surface area contributed by atoms with E-state index in [1.54, 1.807) is 0 Å². The van der Waals surface area contributed by atoms with Crippen LogP contribution in [0.25, 0.3) is 11.0 Å². The first-order valence-electron chi connectivity index (χ1n) is 7.51. The molecule has 0 radical (unpaired) electrons. The highest BCUT2D eigenvalue weighted by Crippen LogP contribution is 2.39. The van der Waals surface area contributed by atoms with Crippen LogP contribution in [-0.2, 0) is 4.74 Å². The van der Waals surface area contributed by atoms with Crippen molar-refractivity contribution in [3.63, 3.8) is 0 Å². The Kier molecular flexibility index (Phi) is 4.04. The highest BCUT2D eigenvalue weighted by molar-refractivity contribution is 5.77. The highest BCUT2D eigenvalue weighted by atomic mass is 19.1. The zero-order valence-corrected chi connectivity index (χ0v) is 13.5. The summed E-state index contributed by atoms with van der Waals surface area (Å²) in [6.07, 6.45) is -3.70. The number of anilines is 1. The summed E-state index contributed by atoms with van der Waals surface area (Å²) in [6, 6.07) is 0. The summed E-state index contributed by atoms with van der Waals surface area (Å²) in [4.78, 5) is 18.1. The standard InChI is InChI=1S/C15H18FN5O4/c1-3-4-15(18)10(23)9(6(2)22)25-13(15)21-5-7(16)8-11(21)19-14(17)20-12(8)24/h5-6,9-10,13,22-23H,18H2,1-2H3,(H3,17,19,20,24)/t6-,9+,10?,13+,15+/m0/s1. The molecule has 9 nitrogen and oxygen atoms in total. The van der Waals surface area contributed by atoms with Gasteiger partial charge in [0.1, 0.15) is 17.6 Å². The SMILES string of the molecule is CC#C[C@@]1(N)C(O)[C@@H]([C@H](C)O)O[C@H]1n1cc(F)c2c(=O)[nH]c(N)nc21. The zero-order valence-electron chi connectivity index (χ0n) is 13.5. The molecule has 0 aromatic carbocycles. The van der Waals surface area contributed by atoms with E-state index in [0.29, 0.717) is 0 Å². The van der Waals surface area contributed by atoms with Crippen molar-refractivity contribution in [1.29, 1.82) is 0 Å². The fourth-order valence-corrected chi connectivity index (χ4v) is 3.09. The van der Waals surface area contributed by atoms with Crippen LogP contribution >= 0.6 is 0 Å². The number of aliphatic hydroxyl groups is 2. The molecule has 1 aliphatic rings. The second-order valence-electron chi connectivity index (χ2n) is 5.98. The normalized spacial score (nSPS) is 30.2. The molecule has 5 atom stereocenters. The average molecular weight is 351 g/mol. The molecule has 7 N–H and O–H groups in total. The van der Waals surface area contributed by atoms with Crippen LogP contribution in [0, 0.1) is 17.7 Å². The van der Waals surface area contributed by atoms with Crippen LogP contribution in [-0.4, -0.2) is 48.6 Å². The van der Waals surface area contributed by atoms with Crippen molar-refractivity contribution < 1.29 is 19.3 Å². The number of nitrogens with zero attached hydrogens (tertiary/aromatic N) is 2. The maximum absolute atomic E-state index is 14.3. The maximum Gasteiger partial charge on any atom is 0.264 e. The number of nitrogens with one attached hydrogen (secondary N) is 1. The van der Waals surface area contributed by atoms with Crippen LogP contribution in [0.1, 0.15) is 20.1 Å². The molecule has 2 aromatic heterocycles. The van der Waals surface area contributed by atoms with Crippen LogP contribution in [0.3, 0.4) is 0 Å². The minimum Gasteiger partial charge on any atom is -0.391 e. The number of aromatic amines is 1. The van der Waals surface area contributed by atoms with Gasteiger partial charge in [0.15, 0.2) is 23.2 Å². The number of H-pyrrole nitrogens is 1. The monoisotopic (exact) mass is 351 g/mol. The van der Waals surface area contributed by atoms with Gasteiger partial charge < -0.3 is 26.4 Å². The zero-order chi connectivity index (χ0) is 18.5. The summed E-state index contributed by atoms with van der Waals surface area (Å²) in [6.45, 7) is 2.94. The van der Waals surface area contributed by atoms with Crippen molar-refractivity contribution in [2.75, 3.05) is 5.73 Å². The Morgan fingerprint density at radius 1 is 1.60 bits per heavy atom. The third-order valence-corrected chi connectivity index (χ3v) is 4.22. The Labute approximate surface area is 141 Å². The molecular weight excluding hydrogens is 333 g/mol. The predicted molar refractivity (Wildman–Crippen MR) is 86.7 cm³/mol. The van der Waals surface area contributed by atoms with E-state index in [1.807, 2.05) is 0 Å². The van der Waals surface area contributed by atoms with E-state index in [4.69, 9.17) is 16.2 Å². The molecular formula is C15H18FN5O4. The summed E-state index contributed by atoms with van der Waals surface area (Å²) in [5.74, 6) is 4.19. The second kappa shape index (κ2) is 5.82. The number of halogens is 1. The number of nitrogens with two attached hydrogens (primary N) is 2. The minimum absolute atomic E-state index is 0.102. The lowest BCUT2D eigenvalue weighted by Crippen LogP contribution is -2.54. The number of hydrogen-bond donors (Lipinski definition) is 5.